The Morgan fingerprint density at radius 1 is 1.38 bits per heavy atom. The SMILES string of the molecule is CC(=O)N[C@@H]1CN(C(=O)CC2CC2)C[C@H]1O. The van der Waals surface area contributed by atoms with Crippen molar-refractivity contribution < 1.29 is 14.7 Å². The third-order valence-corrected chi connectivity index (χ3v) is 3.19. The first-order valence-corrected chi connectivity index (χ1v) is 5.79. The third-order valence-electron chi connectivity index (χ3n) is 3.19. The Hall–Kier alpha value is -1.10. The second kappa shape index (κ2) is 4.41. The van der Waals surface area contributed by atoms with E-state index in [0.717, 1.165) is 12.8 Å². The van der Waals surface area contributed by atoms with Crippen molar-refractivity contribution in [2.45, 2.75) is 38.3 Å². The number of likely N-dealkylation sites (tertiary alicyclic amines) is 1. The number of aliphatic hydroxyl groups is 1. The molecule has 2 amide bonds. The van der Waals surface area contributed by atoms with Gasteiger partial charge in [0.15, 0.2) is 0 Å². The highest BCUT2D eigenvalue weighted by molar-refractivity contribution is 5.78. The van der Waals surface area contributed by atoms with Gasteiger partial charge in [-0.1, -0.05) is 0 Å². The lowest BCUT2D eigenvalue weighted by atomic mass is 10.2. The number of nitrogens with one attached hydrogen (secondary N) is 1. The smallest absolute Gasteiger partial charge is 0.223 e. The highest BCUT2D eigenvalue weighted by atomic mass is 16.3. The lowest BCUT2D eigenvalue weighted by Gasteiger charge is -2.16. The zero-order chi connectivity index (χ0) is 11.7. The van der Waals surface area contributed by atoms with E-state index in [-0.39, 0.29) is 17.9 Å². The fraction of sp³-hybridized carbons (Fsp3) is 0.818. The van der Waals surface area contributed by atoms with Crippen LogP contribution in [0, 0.1) is 5.92 Å². The average molecular weight is 226 g/mol. The monoisotopic (exact) mass is 226 g/mol. The topological polar surface area (TPSA) is 69.6 Å². The minimum atomic E-state index is -0.632. The Morgan fingerprint density at radius 2 is 2.06 bits per heavy atom. The van der Waals surface area contributed by atoms with Gasteiger partial charge in [0.2, 0.25) is 11.8 Å². The number of aliphatic hydroxyl groups excluding tert-OH is 1. The summed E-state index contributed by atoms with van der Waals surface area (Å²) in [6, 6.07) is -0.305. The Labute approximate surface area is 94.8 Å². The number of amides is 2. The zero-order valence-corrected chi connectivity index (χ0v) is 9.48. The molecular formula is C11H18N2O3. The molecule has 1 aliphatic heterocycles. The highest BCUT2D eigenvalue weighted by Crippen LogP contribution is 2.33. The normalized spacial score (nSPS) is 29.2. The largest absolute Gasteiger partial charge is 0.389 e. The van der Waals surface area contributed by atoms with E-state index in [4.69, 9.17) is 0 Å². The van der Waals surface area contributed by atoms with Crippen LogP contribution < -0.4 is 5.32 Å². The summed E-state index contributed by atoms with van der Waals surface area (Å²) < 4.78 is 0. The molecule has 90 valence electrons. The van der Waals surface area contributed by atoms with Gasteiger partial charge >= 0.3 is 0 Å². The van der Waals surface area contributed by atoms with Crippen LogP contribution in [0.4, 0.5) is 0 Å². The van der Waals surface area contributed by atoms with Crippen LogP contribution in [-0.4, -0.2) is 47.1 Å². The fourth-order valence-corrected chi connectivity index (χ4v) is 2.09. The van der Waals surface area contributed by atoms with Gasteiger partial charge in [-0.15, -0.1) is 0 Å². The molecule has 0 aromatic rings. The highest BCUT2D eigenvalue weighted by Gasteiger charge is 2.36. The lowest BCUT2D eigenvalue weighted by Crippen LogP contribution is -2.41. The molecule has 0 aromatic heterocycles. The van der Waals surface area contributed by atoms with Crippen LogP contribution in [0.2, 0.25) is 0 Å². The van der Waals surface area contributed by atoms with E-state index < -0.39 is 6.10 Å². The van der Waals surface area contributed by atoms with Crippen molar-refractivity contribution >= 4 is 11.8 Å². The maximum absolute atomic E-state index is 11.8. The van der Waals surface area contributed by atoms with E-state index in [9.17, 15) is 14.7 Å². The Balaban J connectivity index is 1.84. The number of hydrogen-bond acceptors (Lipinski definition) is 3. The van der Waals surface area contributed by atoms with E-state index in [1.807, 2.05) is 0 Å². The first-order chi connectivity index (χ1) is 7.56. The fourth-order valence-electron chi connectivity index (χ4n) is 2.09. The van der Waals surface area contributed by atoms with E-state index in [1.165, 1.54) is 6.92 Å². The molecule has 0 spiro atoms. The molecule has 0 unspecified atom stereocenters. The molecule has 5 nitrogen and oxygen atoms in total. The summed E-state index contributed by atoms with van der Waals surface area (Å²) in [6.07, 6.45) is 2.26. The molecule has 1 saturated carbocycles. The number of carbonyl (C=O) groups is 2. The number of hydrogen-bond donors (Lipinski definition) is 2. The van der Waals surface area contributed by atoms with Gasteiger partial charge in [-0.2, -0.15) is 0 Å². The number of nitrogens with zero attached hydrogens (tertiary/aromatic N) is 1. The molecule has 2 rings (SSSR count). The molecule has 5 heteroatoms. The molecule has 0 radical (unpaired) electrons. The summed E-state index contributed by atoms with van der Waals surface area (Å²) in [6.45, 7) is 2.20. The molecule has 2 atom stereocenters. The van der Waals surface area contributed by atoms with Crippen molar-refractivity contribution in [3.63, 3.8) is 0 Å². The van der Waals surface area contributed by atoms with E-state index in [1.54, 1.807) is 4.90 Å². The average Bonchev–Trinajstić information content (AvgIpc) is 2.92. The third kappa shape index (κ3) is 2.72. The molecule has 0 bridgehead atoms. The first kappa shape index (κ1) is 11.4. The second-order valence-corrected chi connectivity index (χ2v) is 4.82. The maximum Gasteiger partial charge on any atom is 0.223 e. The van der Waals surface area contributed by atoms with Crippen molar-refractivity contribution in [2.24, 2.45) is 5.92 Å². The van der Waals surface area contributed by atoms with Crippen molar-refractivity contribution in [1.82, 2.24) is 10.2 Å². The minimum Gasteiger partial charge on any atom is -0.389 e. The predicted octanol–water partition coefficient (Wildman–Crippen LogP) is -0.506. The van der Waals surface area contributed by atoms with Gasteiger partial charge in [0.05, 0.1) is 12.1 Å². The summed E-state index contributed by atoms with van der Waals surface area (Å²) in [5.74, 6) is 0.499. The Bertz CT molecular complexity index is 302. The zero-order valence-electron chi connectivity index (χ0n) is 9.48. The molecule has 1 heterocycles. The van der Waals surface area contributed by atoms with Gasteiger partial charge in [0.25, 0.3) is 0 Å². The van der Waals surface area contributed by atoms with Crippen LogP contribution in [0.3, 0.4) is 0 Å². The van der Waals surface area contributed by atoms with Gasteiger partial charge in [-0.05, 0) is 18.8 Å². The maximum atomic E-state index is 11.8. The van der Waals surface area contributed by atoms with Crippen molar-refractivity contribution in [1.29, 1.82) is 0 Å². The molecule has 1 aliphatic carbocycles. The van der Waals surface area contributed by atoms with Gasteiger partial charge in [0.1, 0.15) is 0 Å². The molecule has 16 heavy (non-hydrogen) atoms. The van der Waals surface area contributed by atoms with Crippen LogP contribution in [0.15, 0.2) is 0 Å². The number of carbonyl (C=O) groups excluding carboxylic acids is 2. The summed E-state index contributed by atoms with van der Waals surface area (Å²) in [4.78, 5) is 24.3. The van der Waals surface area contributed by atoms with Crippen LogP contribution in [0.25, 0.3) is 0 Å². The summed E-state index contributed by atoms with van der Waals surface area (Å²) >= 11 is 0. The predicted molar refractivity (Wildman–Crippen MR) is 57.5 cm³/mol. The Kier molecular flexibility index (Phi) is 3.14. The van der Waals surface area contributed by atoms with E-state index in [0.29, 0.717) is 25.4 Å². The Morgan fingerprint density at radius 3 is 2.62 bits per heavy atom. The van der Waals surface area contributed by atoms with Crippen LogP contribution in [0.1, 0.15) is 26.2 Å². The minimum absolute atomic E-state index is 0.106. The van der Waals surface area contributed by atoms with Crippen LogP contribution in [0.5, 0.6) is 0 Å². The molecule has 1 saturated heterocycles. The molecule has 0 aromatic carbocycles. The van der Waals surface area contributed by atoms with Gasteiger partial charge in [0, 0.05) is 26.4 Å². The molecule has 2 N–H and O–H groups in total. The first-order valence-electron chi connectivity index (χ1n) is 5.79. The second-order valence-electron chi connectivity index (χ2n) is 4.82. The van der Waals surface area contributed by atoms with Crippen molar-refractivity contribution in [2.75, 3.05) is 13.1 Å². The van der Waals surface area contributed by atoms with Gasteiger partial charge < -0.3 is 15.3 Å². The molecule has 2 aliphatic rings. The molecule has 2 fully saturated rings. The summed E-state index contributed by atoms with van der Waals surface area (Å²) in [7, 11) is 0. The standard InChI is InChI=1S/C11H18N2O3/c1-7(14)12-9-5-13(6-10(9)15)11(16)4-8-2-3-8/h8-10,15H,2-6H2,1H3,(H,12,14)/t9-,10-/m1/s1. The number of β-amino-alcohol motifs (C(OH)–C–C–N with tert-alkyl or cyclic N) is 1. The lowest BCUT2D eigenvalue weighted by molar-refractivity contribution is -0.131. The van der Waals surface area contributed by atoms with E-state index in [2.05, 4.69) is 5.32 Å². The van der Waals surface area contributed by atoms with Crippen molar-refractivity contribution in [3.8, 4) is 0 Å². The summed E-state index contributed by atoms with van der Waals surface area (Å²) in [5.41, 5.74) is 0. The van der Waals surface area contributed by atoms with Gasteiger partial charge in [-0.3, -0.25) is 9.59 Å². The van der Waals surface area contributed by atoms with Gasteiger partial charge in [-0.25, -0.2) is 0 Å². The molecular weight excluding hydrogens is 208 g/mol. The van der Waals surface area contributed by atoms with Crippen LogP contribution >= 0.6 is 0 Å². The number of rotatable bonds is 3. The quantitative estimate of drug-likeness (QED) is 0.681. The van der Waals surface area contributed by atoms with E-state index >= 15 is 0 Å². The van der Waals surface area contributed by atoms with Crippen LogP contribution in [-0.2, 0) is 9.59 Å². The summed E-state index contributed by atoms with van der Waals surface area (Å²) in [5, 5.41) is 12.4. The van der Waals surface area contributed by atoms with Crippen molar-refractivity contribution in [3.05, 3.63) is 0 Å².